The highest BCUT2D eigenvalue weighted by molar-refractivity contribution is 7.90. The van der Waals surface area contributed by atoms with Crippen LogP contribution in [-0.4, -0.2) is 45.3 Å². The van der Waals surface area contributed by atoms with Gasteiger partial charge in [-0.05, 0) is 63.1 Å². The largest absolute Gasteiger partial charge is 0.444 e. The summed E-state index contributed by atoms with van der Waals surface area (Å²) in [5, 5.41) is 13.0. The molecule has 2 aromatic heterocycles. The number of hydrogen-bond acceptors (Lipinski definition) is 7. The third kappa shape index (κ3) is 4.99. The molecule has 4 aromatic rings. The number of halogens is 1. The third-order valence-corrected chi connectivity index (χ3v) is 8.24. The monoisotopic (exact) mass is 552 g/mol. The van der Waals surface area contributed by atoms with Crippen molar-refractivity contribution in [1.82, 2.24) is 19.3 Å². The van der Waals surface area contributed by atoms with Gasteiger partial charge in [0, 0.05) is 11.8 Å². The number of alkyl halides is 1. The van der Waals surface area contributed by atoms with Crippen molar-refractivity contribution in [1.29, 1.82) is 0 Å². The molecule has 2 N–H and O–H groups in total. The van der Waals surface area contributed by atoms with Gasteiger partial charge in [0.25, 0.3) is 10.0 Å². The van der Waals surface area contributed by atoms with E-state index in [4.69, 9.17) is 4.74 Å². The highest BCUT2D eigenvalue weighted by Gasteiger charge is 2.37. The first-order valence-corrected chi connectivity index (χ1v) is 13.9. The molecule has 0 spiro atoms. The molecule has 9 nitrogen and oxygen atoms in total. The van der Waals surface area contributed by atoms with Gasteiger partial charge in [-0.25, -0.2) is 21.6 Å². The molecule has 39 heavy (non-hydrogen) atoms. The second kappa shape index (κ2) is 9.73. The Morgan fingerprint density at radius 1 is 1.15 bits per heavy atom. The minimum Gasteiger partial charge on any atom is -0.444 e. The lowest BCUT2D eigenvalue weighted by molar-refractivity contribution is 0.0479. The van der Waals surface area contributed by atoms with Crippen molar-refractivity contribution in [2.75, 3.05) is 0 Å². The lowest BCUT2D eigenvalue weighted by atomic mass is 10.0. The van der Waals surface area contributed by atoms with Crippen LogP contribution in [0.3, 0.4) is 0 Å². The number of rotatable bonds is 5. The van der Waals surface area contributed by atoms with Crippen molar-refractivity contribution in [3.05, 3.63) is 77.7 Å². The highest BCUT2D eigenvalue weighted by Crippen LogP contribution is 2.41. The number of carbonyl (C=O) groups is 1. The summed E-state index contributed by atoms with van der Waals surface area (Å²) >= 11 is 0. The van der Waals surface area contributed by atoms with Gasteiger partial charge in [-0.15, -0.1) is 0 Å². The summed E-state index contributed by atoms with van der Waals surface area (Å²) < 4.78 is 49.6. The van der Waals surface area contributed by atoms with E-state index in [0.29, 0.717) is 27.7 Å². The van der Waals surface area contributed by atoms with Gasteiger partial charge < -0.3 is 15.2 Å². The van der Waals surface area contributed by atoms with Gasteiger partial charge in [0.2, 0.25) is 0 Å². The second-order valence-corrected chi connectivity index (χ2v) is 12.3. The quantitative estimate of drug-likeness (QED) is 0.363. The van der Waals surface area contributed by atoms with Gasteiger partial charge in [0.1, 0.15) is 17.5 Å². The molecular weight excluding hydrogens is 523 g/mol. The van der Waals surface area contributed by atoms with Crippen LogP contribution in [0.15, 0.2) is 65.8 Å². The maximum Gasteiger partial charge on any atom is 0.408 e. The van der Waals surface area contributed by atoms with Crippen LogP contribution < -0.4 is 5.32 Å². The van der Waals surface area contributed by atoms with Gasteiger partial charge in [-0.2, -0.15) is 0 Å². The zero-order valence-electron chi connectivity index (χ0n) is 21.9. The normalized spacial score (nSPS) is 18.1. The molecule has 204 valence electrons. The fourth-order valence-corrected chi connectivity index (χ4v) is 6.32. The molecule has 0 aliphatic heterocycles. The standard InChI is InChI=1S/C28H29FN4O5S/c1-16(34)22-14-31-23(15-30-22)25-13-20-19-12-21(29)26(32-27(35)38-28(2,3)4)18(19)10-11-24(20)33(25)39(36,37)17-8-6-5-7-9-17/h5-11,13-16,21,26,34H,12H2,1-4H3,(H,32,35)/t16-,21+,26-/m0/s1. The molecule has 2 heterocycles. The number of ether oxygens (including phenoxy) is 1. The molecule has 0 bridgehead atoms. The van der Waals surface area contributed by atoms with Crippen LogP contribution in [0.25, 0.3) is 22.3 Å². The summed E-state index contributed by atoms with van der Waals surface area (Å²) in [5.41, 5.74) is 1.59. The van der Waals surface area contributed by atoms with E-state index in [9.17, 15) is 18.3 Å². The Kier molecular flexibility index (Phi) is 6.68. The molecule has 1 amide bonds. The summed E-state index contributed by atoms with van der Waals surface area (Å²) in [7, 11) is -4.10. The fourth-order valence-electron chi connectivity index (χ4n) is 4.78. The van der Waals surface area contributed by atoms with Crippen molar-refractivity contribution in [2.24, 2.45) is 0 Å². The molecule has 0 unspecified atom stereocenters. The highest BCUT2D eigenvalue weighted by atomic mass is 32.2. The van der Waals surface area contributed by atoms with E-state index in [1.165, 1.54) is 28.5 Å². The predicted molar refractivity (Wildman–Crippen MR) is 143 cm³/mol. The summed E-state index contributed by atoms with van der Waals surface area (Å²) in [5.74, 6) is 0. The molecule has 2 aromatic carbocycles. The number of hydrogen-bond donors (Lipinski definition) is 2. The Bertz CT molecular complexity index is 1650. The van der Waals surface area contributed by atoms with Crippen molar-refractivity contribution >= 4 is 27.0 Å². The van der Waals surface area contributed by atoms with Gasteiger partial charge in [-0.3, -0.25) is 9.97 Å². The van der Waals surface area contributed by atoms with Crippen LogP contribution in [-0.2, 0) is 21.2 Å². The fraction of sp³-hybridized carbons (Fsp3) is 0.321. The molecule has 0 saturated carbocycles. The Balaban J connectivity index is 1.68. The molecular formula is C28H29FN4O5S. The van der Waals surface area contributed by atoms with Crippen LogP contribution in [0, 0.1) is 0 Å². The van der Waals surface area contributed by atoms with Gasteiger partial charge in [0.15, 0.2) is 0 Å². The van der Waals surface area contributed by atoms with Crippen molar-refractivity contribution in [2.45, 2.75) is 62.9 Å². The zero-order chi connectivity index (χ0) is 28.1. The van der Waals surface area contributed by atoms with Gasteiger partial charge in [0.05, 0.1) is 46.3 Å². The molecule has 11 heteroatoms. The third-order valence-electron chi connectivity index (χ3n) is 6.50. The Morgan fingerprint density at radius 3 is 2.49 bits per heavy atom. The Morgan fingerprint density at radius 2 is 1.87 bits per heavy atom. The molecule has 0 saturated heterocycles. The maximum absolute atomic E-state index is 15.3. The summed E-state index contributed by atoms with van der Waals surface area (Å²) in [6.45, 7) is 6.72. The minimum absolute atomic E-state index is 0.0192. The molecule has 5 rings (SSSR count). The molecule has 3 atom stereocenters. The number of aliphatic hydroxyl groups excluding tert-OH is 1. The van der Waals surface area contributed by atoms with E-state index in [1.54, 1.807) is 64.1 Å². The van der Waals surface area contributed by atoms with E-state index in [0.717, 1.165) is 0 Å². The average Bonchev–Trinajstić information content (AvgIpc) is 3.42. The number of nitrogens with one attached hydrogen (secondary N) is 1. The van der Waals surface area contributed by atoms with Gasteiger partial charge in [-0.1, -0.05) is 24.3 Å². The minimum atomic E-state index is -4.10. The first-order chi connectivity index (χ1) is 18.4. The molecule has 1 aliphatic rings. The molecule has 1 aliphatic carbocycles. The zero-order valence-corrected chi connectivity index (χ0v) is 22.7. The first-order valence-electron chi connectivity index (χ1n) is 12.5. The SMILES string of the molecule is C[C@H](O)c1cnc(-c2cc3c4c(ccc3n2S(=O)(=O)c2ccccc2)[C@H](NC(=O)OC(C)(C)C)[C@H](F)C4)cn1. The number of aliphatic hydroxyl groups is 1. The van der Waals surface area contributed by atoms with E-state index < -0.39 is 40.0 Å². The van der Waals surface area contributed by atoms with Crippen molar-refractivity contribution in [3.8, 4) is 11.4 Å². The number of fused-ring (bicyclic) bond motifs is 3. The van der Waals surface area contributed by atoms with Crippen LogP contribution in [0.4, 0.5) is 9.18 Å². The lowest BCUT2D eigenvalue weighted by Gasteiger charge is -2.23. The summed E-state index contributed by atoms with van der Waals surface area (Å²) in [4.78, 5) is 21.1. The molecule has 0 fully saturated rings. The van der Waals surface area contributed by atoms with Crippen LogP contribution in [0.2, 0.25) is 0 Å². The first kappa shape index (κ1) is 26.8. The molecule has 0 radical (unpaired) electrons. The topological polar surface area (TPSA) is 123 Å². The number of alkyl carbamates (subject to hydrolysis) is 1. The number of amides is 1. The van der Waals surface area contributed by atoms with E-state index in [-0.39, 0.29) is 22.7 Å². The van der Waals surface area contributed by atoms with E-state index in [1.807, 2.05) is 0 Å². The number of nitrogens with zero attached hydrogens (tertiary/aromatic N) is 3. The van der Waals surface area contributed by atoms with Crippen molar-refractivity contribution < 1.29 is 27.4 Å². The summed E-state index contributed by atoms with van der Waals surface area (Å²) in [6.07, 6.45) is -0.237. The Labute approximate surface area is 225 Å². The van der Waals surface area contributed by atoms with E-state index in [2.05, 4.69) is 15.3 Å². The predicted octanol–water partition coefficient (Wildman–Crippen LogP) is 4.85. The number of aromatic nitrogens is 3. The van der Waals surface area contributed by atoms with Crippen LogP contribution >= 0.6 is 0 Å². The second-order valence-electron chi connectivity index (χ2n) is 10.5. The Hall–Kier alpha value is -3.83. The number of carbonyl (C=O) groups excluding carboxylic acids is 1. The average molecular weight is 553 g/mol. The van der Waals surface area contributed by atoms with Crippen molar-refractivity contribution in [3.63, 3.8) is 0 Å². The smallest absolute Gasteiger partial charge is 0.408 e. The van der Waals surface area contributed by atoms with Crippen LogP contribution in [0.1, 0.15) is 56.7 Å². The maximum atomic E-state index is 15.3. The lowest BCUT2D eigenvalue weighted by Crippen LogP contribution is -2.37. The summed E-state index contributed by atoms with van der Waals surface area (Å²) in [6, 6.07) is 11.9. The number of benzene rings is 2. The van der Waals surface area contributed by atoms with E-state index >= 15 is 4.39 Å². The van der Waals surface area contributed by atoms with Gasteiger partial charge >= 0.3 is 6.09 Å². The van der Waals surface area contributed by atoms with Crippen LogP contribution in [0.5, 0.6) is 0 Å².